The van der Waals surface area contributed by atoms with Crippen LogP contribution in [0.25, 0.3) is 16.7 Å². The number of aromatic amines is 1. The summed E-state index contributed by atoms with van der Waals surface area (Å²) in [6, 6.07) is 12.9. The summed E-state index contributed by atoms with van der Waals surface area (Å²) >= 11 is 0. The smallest absolute Gasteiger partial charge is 0.396 e. The third-order valence-electron chi connectivity index (χ3n) is 8.67. The van der Waals surface area contributed by atoms with Crippen LogP contribution in [0.3, 0.4) is 0 Å². The number of halogens is 1. The molecule has 2 aliphatic rings. The fraction of sp³-hybridized carbons (Fsp3) is 0.364. The first kappa shape index (κ1) is 29.6. The van der Waals surface area contributed by atoms with E-state index in [1.807, 2.05) is 35.0 Å². The van der Waals surface area contributed by atoms with E-state index in [1.54, 1.807) is 19.4 Å². The summed E-state index contributed by atoms with van der Waals surface area (Å²) < 4.78 is 21.5. The van der Waals surface area contributed by atoms with Gasteiger partial charge in [0.25, 0.3) is 0 Å². The predicted octanol–water partition coefficient (Wildman–Crippen LogP) is 4.46. The van der Waals surface area contributed by atoms with Crippen molar-refractivity contribution in [2.75, 3.05) is 69.0 Å². The molecule has 3 N–H and O–H groups in total. The van der Waals surface area contributed by atoms with Crippen LogP contribution in [0.2, 0.25) is 0 Å². The molecule has 2 aromatic heterocycles. The number of piperidine rings is 1. The van der Waals surface area contributed by atoms with Gasteiger partial charge in [0.2, 0.25) is 11.7 Å². The molecular weight excluding hydrogens is 559 g/mol. The Bertz CT molecular complexity index is 1650. The molecule has 0 unspecified atom stereocenters. The maximum atomic E-state index is 13.7. The molecular formula is C33H40FN8O2+. The van der Waals surface area contributed by atoms with Crippen LogP contribution in [0.15, 0.2) is 67.5 Å². The fourth-order valence-electron chi connectivity index (χ4n) is 6.30. The molecule has 0 radical (unpaired) electrons. The average Bonchev–Trinajstić information content (AvgIpc) is 3.29. The molecule has 2 aromatic carbocycles. The number of aromatic nitrogens is 3. The number of nitrogens with zero attached hydrogens (tertiary/aromatic N) is 5. The van der Waals surface area contributed by atoms with Gasteiger partial charge in [-0.2, -0.15) is 0 Å². The molecule has 0 aliphatic carbocycles. The average molecular weight is 600 g/mol. The number of methoxy groups -OCH3 is 1. The van der Waals surface area contributed by atoms with Gasteiger partial charge in [-0.1, -0.05) is 11.6 Å². The van der Waals surface area contributed by atoms with E-state index in [2.05, 4.69) is 43.9 Å². The summed E-state index contributed by atoms with van der Waals surface area (Å²) in [5, 5.41) is 7.14. The summed E-state index contributed by atoms with van der Waals surface area (Å²) in [5.41, 5.74) is 3.06. The molecule has 0 atom stereocenters. The zero-order valence-corrected chi connectivity index (χ0v) is 25.4. The molecule has 2 aliphatic heterocycles. The first-order valence-electron chi connectivity index (χ1n) is 15.2. The van der Waals surface area contributed by atoms with E-state index in [9.17, 15) is 9.18 Å². The Morgan fingerprint density at radius 1 is 1.07 bits per heavy atom. The Balaban J connectivity index is 1.27. The van der Waals surface area contributed by atoms with Crippen molar-refractivity contribution in [3.63, 3.8) is 0 Å². The van der Waals surface area contributed by atoms with Crippen LogP contribution in [-0.2, 0) is 4.79 Å². The van der Waals surface area contributed by atoms with Crippen molar-refractivity contribution in [1.82, 2.24) is 19.4 Å². The van der Waals surface area contributed by atoms with Crippen molar-refractivity contribution in [3.05, 3.63) is 73.3 Å². The maximum Gasteiger partial charge on any atom is 0.396 e. The largest absolute Gasteiger partial charge is 0.493 e. The highest BCUT2D eigenvalue weighted by molar-refractivity contribution is 6.02. The Morgan fingerprint density at radius 3 is 2.70 bits per heavy atom. The van der Waals surface area contributed by atoms with Crippen molar-refractivity contribution < 1.29 is 18.9 Å². The van der Waals surface area contributed by atoms with Gasteiger partial charge < -0.3 is 19.9 Å². The Morgan fingerprint density at radius 2 is 1.91 bits per heavy atom. The molecule has 1 amide bonds. The van der Waals surface area contributed by atoms with E-state index < -0.39 is 0 Å². The van der Waals surface area contributed by atoms with Crippen LogP contribution in [0.1, 0.15) is 19.3 Å². The zero-order chi connectivity index (χ0) is 30.6. The second kappa shape index (κ2) is 13.0. The molecule has 0 saturated carbocycles. The molecule has 10 nitrogen and oxygen atoms in total. The number of benzene rings is 2. The van der Waals surface area contributed by atoms with E-state index in [4.69, 9.17) is 9.72 Å². The lowest BCUT2D eigenvalue weighted by Crippen LogP contribution is -2.45. The lowest BCUT2D eigenvalue weighted by Gasteiger charge is -2.36. The first-order chi connectivity index (χ1) is 21.4. The van der Waals surface area contributed by atoms with Crippen LogP contribution < -0.4 is 25.3 Å². The summed E-state index contributed by atoms with van der Waals surface area (Å²) in [5.74, 6) is 1.18. The number of H-pyrrole nitrogens is 1. The van der Waals surface area contributed by atoms with Gasteiger partial charge >= 0.3 is 5.95 Å². The quantitative estimate of drug-likeness (QED) is 0.289. The highest BCUT2D eigenvalue weighted by Crippen LogP contribution is 2.38. The Labute approximate surface area is 257 Å². The van der Waals surface area contributed by atoms with Gasteiger partial charge in [0.15, 0.2) is 5.75 Å². The highest BCUT2D eigenvalue weighted by Gasteiger charge is 2.27. The number of amides is 1. The minimum Gasteiger partial charge on any atom is -0.493 e. The van der Waals surface area contributed by atoms with Gasteiger partial charge in [0.1, 0.15) is 11.5 Å². The number of anilines is 4. The van der Waals surface area contributed by atoms with Gasteiger partial charge in [-0.25, -0.2) is 14.7 Å². The fourth-order valence-corrected chi connectivity index (χ4v) is 6.30. The first-order valence-corrected chi connectivity index (χ1v) is 15.2. The van der Waals surface area contributed by atoms with E-state index in [1.165, 1.54) is 31.1 Å². The number of hydrogen-bond donors (Lipinski definition) is 2. The van der Waals surface area contributed by atoms with Crippen molar-refractivity contribution >= 4 is 39.8 Å². The molecule has 0 bridgehead atoms. The number of nitrogens with one attached hydrogen (secondary N) is 3. The summed E-state index contributed by atoms with van der Waals surface area (Å²) in [6.07, 6.45) is 8.37. The maximum absolute atomic E-state index is 13.7. The van der Waals surface area contributed by atoms with E-state index in [0.29, 0.717) is 34.9 Å². The number of likely N-dealkylation sites (tertiary alicyclic amines) is 1. The summed E-state index contributed by atoms with van der Waals surface area (Å²) in [4.78, 5) is 27.8. The number of ether oxygens (including phenoxy) is 1. The number of carbonyl (C=O) groups is 1. The molecule has 4 heterocycles. The molecule has 44 heavy (non-hydrogen) atoms. The van der Waals surface area contributed by atoms with E-state index in [0.717, 1.165) is 62.3 Å². The summed E-state index contributed by atoms with van der Waals surface area (Å²) in [7, 11) is 3.83. The van der Waals surface area contributed by atoms with Crippen molar-refractivity contribution in [1.29, 1.82) is 0 Å². The van der Waals surface area contributed by atoms with Gasteiger partial charge in [0.05, 0.1) is 30.2 Å². The number of rotatable bonds is 8. The van der Waals surface area contributed by atoms with Crippen LogP contribution in [0.4, 0.5) is 27.4 Å². The van der Waals surface area contributed by atoms with Gasteiger partial charge in [-0.15, -0.1) is 0 Å². The topological polar surface area (TPSA) is 92.0 Å². The van der Waals surface area contributed by atoms with Gasteiger partial charge in [-0.05, 0) is 69.7 Å². The molecule has 2 fully saturated rings. The van der Waals surface area contributed by atoms with Crippen molar-refractivity contribution in [2.45, 2.75) is 25.3 Å². The normalized spacial score (nSPS) is 16.9. The van der Waals surface area contributed by atoms with Crippen LogP contribution in [0.5, 0.6) is 5.75 Å². The molecule has 230 valence electrons. The Hall–Kier alpha value is -4.48. The van der Waals surface area contributed by atoms with Crippen molar-refractivity contribution in [3.8, 4) is 11.6 Å². The van der Waals surface area contributed by atoms with Crippen LogP contribution >= 0.6 is 0 Å². The van der Waals surface area contributed by atoms with Gasteiger partial charge in [-0.3, -0.25) is 14.3 Å². The lowest BCUT2D eigenvalue weighted by molar-refractivity contribution is -0.364. The zero-order valence-electron chi connectivity index (χ0n) is 25.4. The van der Waals surface area contributed by atoms with Crippen LogP contribution in [-0.4, -0.2) is 84.7 Å². The standard InChI is InChI=1S/C33H39FN8O2/c1-4-32(43)36-26-21-27(37-33-35-12-8-31(38-33)42-17-9-23-20-24(34)6-7-28(23)42)30(44-3)22-29(26)41-14-5-13-40(18-19-41)25-10-15-39(2)16-11-25/h4,6-9,12,17,20-22,25H,1,5,10-11,13-16,18-19H2,2-3H3,(H,36,43)(H,35,37,38)/p+1. The predicted molar refractivity (Wildman–Crippen MR) is 172 cm³/mol. The molecule has 4 aromatic rings. The van der Waals surface area contributed by atoms with E-state index in [-0.39, 0.29) is 11.7 Å². The number of carbonyl (C=O) groups excluding carboxylic acids is 1. The van der Waals surface area contributed by atoms with Crippen LogP contribution in [0, 0.1) is 5.82 Å². The minimum atomic E-state index is -0.284. The monoisotopic (exact) mass is 599 g/mol. The minimum absolute atomic E-state index is 0.281. The second-order valence-electron chi connectivity index (χ2n) is 11.5. The van der Waals surface area contributed by atoms with Crippen molar-refractivity contribution in [2.24, 2.45) is 0 Å². The van der Waals surface area contributed by atoms with E-state index >= 15 is 0 Å². The SMILES string of the molecule is C=CC(=O)Nc1cc(Nc2nc(-n3ccc4cc(F)ccc43)cc[nH+]2)c(OC)cc1N1CCCN(C2CCN(C)CC2)CC1. The molecule has 6 rings (SSSR count). The highest BCUT2D eigenvalue weighted by atomic mass is 19.1. The third kappa shape index (κ3) is 6.39. The number of fused-ring (bicyclic) bond motifs is 1. The molecule has 2 saturated heterocycles. The third-order valence-corrected chi connectivity index (χ3v) is 8.67. The lowest BCUT2D eigenvalue weighted by atomic mass is 10.0. The molecule has 11 heteroatoms. The second-order valence-corrected chi connectivity index (χ2v) is 11.5. The molecule has 0 spiro atoms. The van der Waals surface area contributed by atoms with Gasteiger partial charge in [0, 0.05) is 62.0 Å². The number of hydrogen-bond acceptors (Lipinski definition) is 7. The Kier molecular flexibility index (Phi) is 8.76. The summed E-state index contributed by atoms with van der Waals surface area (Å²) in [6.45, 7) is 9.71.